The first kappa shape index (κ1) is 18.1. The van der Waals surface area contributed by atoms with E-state index < -0.39 is 0 Å². The number of hydrogen-bond donors (Lipinski definition) is 2. The molecule has 0 fully saturated rings. The van der Waals surface area contributed by atoms with Crippen LogP contribution in [-0.4, -0.2) is 0 Å². The van der Waals surface area contributed by atoms with Crippen LogP contribution in [0.1, 0.15) is 36.8 Å². The van der Waals surface area contributed by atoms with E-state index in [1.165, 1.54) is 11.1 Å². The Kier molecular flexibility index (Phi) is 6.54. The zero-order valence-electron chi connectivity index (χ0n) is 13.7. The Bertz CT molecular complexity index is 456. The molecule has 0 aromatic heterocycles. The van der Waals surface area contributed by atoms with Gasteiger partial charge in [0.2, 0.25) is 0 Å². The van der Waals surface area contributed by atoms with Gasteiger partial charge in [0, 0.05) is 36.8 Å². The first-order valence-corrected chi connectivity index (χ1v) is 7.71. The van der Waals surface area contributed by atoms with Crippen LogP contribution in [0.5, 0.6) is 0 Å². The molecule has 0 saturated carbocycles. The molecule has 118 valence electrons. The van der Waals surface area contributed by atoms with Crippen LogP contribution in [0, 0.1) is 0 Å². The Morgan fingerprint density at radius 2 is 0.864 bits per heavy atom. The summed E-state index contributed by atoms with van der Waals surface area (Å²) in [5.41, 5.74) is 10.8. The summed E-state index contributed by atoms with van der Waals surface area (Å²) in [6.07, 6.45) is 11.0. The molecule has 0 heterocycles. The van der Waals surface area contributed by atoms with Gasteiger partial charge in [-0.2, -0.15) is 0 Å². The molecule has 0 bridgehead atoms. The second kappa shape index (κ2) is 7.92. The van der Waals surface area contributed by atoms with Gasteiger partial charge in [-0.3, -0.25) is 0 Å². The van der Waals surface area contributed by atoms with Crippen LogP contribution in [0.15, 0.2) is 74.9 Å². The van der Waals surface area contributed by atoms with Crippen molar-refractivity contribution in [2.45, 2.75) is 36.8 Å². The van der Waals surface area contributed by atoms with Gasteiger partial charge in [-0.25, -0.2) is 0 Å². The van der Waals surface area contributed by atoms with Crippen LogP contribution < -0.4 is 11.5 Å². The third kappa shape index (κ3) is 4.06. The Balaban J connectivity index is 3.16. The minimum absolute atomic E-state index is 0.192. The van der Waals surface area contributed by atoms with Crippen LogP contribution in [-0.2, 0) is 11.1 Å². The van der Waals surface area contributed by atoms with Crippen LogP contribution in [0.3, 0.4) is 0 Å². The monoisotopic (exact) mass is 298 g/mol. The van der Waals surface area contributed by atoms with Crippen LogP contribution in [0.4, 0.5) is 0 Å². The van der Waals surface area contributed by atoms with E-state index >= 15 is 0 Å². The highest BCUT2D eigenvalue weighted by Gasteiger charge is 2.32. The molecule has 2 heteroatoms. The molecule has 0 aliphatic heterocycles. The highest BCUT2D eigenvalue weighted by atomic mass is 14.7. The third-order valence-corrected chi connectivity index (χ3v) is 4.25. The summed E-state index contributed by atoms with van der Waals surface area (Å²) in [5, 5.41) is 0. The molecule has 1 rings (SSSR count). The standard InChI is InChI=1S/C20H28N2/c1-5-13-19(21,14-6-2)17-9-11-18(12-10-17)20(22,15-7-3)16-8-4/h5-12H,1-4,13-16,21-22H2/p+2. The van der Waals surface area contributed by atoms with Crippen molar-refractivity contribution >= 4 is 0 Å². The quantitative estimate of drug-likeness (QED) is 0.624. The van der Waals surface area contributed by atoms with E-state index in [9.17, 15) is 0 Å². The maximum atomic E-state index is 4.39. The predicted molar refractivity (Wildman–Crippen MR) is 94.8 cm³/mol. The SMILES string of the molecule is C=CCC([NH3+])(CC=C)c1ccc(C([NH3+])(CC=C)CC=C)cc1. The average Bonchev–Trinajstić information content (AvgIpc) is 2.48. The van der Waals surface area contributed by atoms with Gasteiger partial charge in [0.15, 0.2) is 0 Å². The fraction of sp³-hybridized carbons (Fsp3) is 0.300. The van der Waals surface area contributed by atoms with Gasteiger partial charge < -0.3 is 11.5 Å². The topological polar surface area (TPSA) is 55.3 Å². The second-order valence-electron chi connectivity index (χ2n) is 6.11. The minimum Gasteiger partial charge on any atom is -0.348 e. The van der Waals surface area contributed by atoms with Crippen LogP contribution in [0.25, 0.3) is 0 Å². The summed E-state index contributed by atoms with van der Waals surface area (Å²) < 4.78 is 0. The number of hydrogen-bond acceptors (Lipinski definition) is 0. The molecule has 22 heavy (non-hydrogen) atoms. The maximum absolute atomic E-state index is 4.39. The predicted octanol–water partition coefficient (Wildman–Crippen LogP) is 2.87. The van der Waals surface area contributed by atoms with Gasteiger partial charge in [-0.1, -0.05) is 48.6 Å². The lowest BCUT2D eigenvalue weighted by molar-refractivity contribution is -0.488. The largest absolute Gasteiger partial charge is 0.348 e. The summed E-state index contributed by atoms with van der Waals surface area (Å²) in [6, 6.07) is 8.62. The maximum Gasteiger partial charge on any atom is 0.127 e. The fourth-order valence-electron chi connectivity index (χ4n) is 2.92. The second-order valence-corrected chi connectivity index (χ2v) is 6.11. The average molecular weight is 298 g/mol. The number of quaternary nitrogens is 2. The van der Waals surface area contributed by atoms with Gasteiger partial charge in [0.1, 0.15) is 11.1 Å². The van der Waals surface area contributed by atoms with Gasteiger partial charge >= 0.3 is 0 Å². The summed E-state index contributed by atoms with van der Waals surface area (Å²) in [5.74, 6) is 0. The lowest BCUT2D eigenvalue weighted by Crippen LogP contribution is -2.70. The van der Waals surface area contributed by atoms with Crippen molar-refractivity contribution in [1.29, 1.82) is 0 Å². The molecule has 1 aromatic rings. The van der Waals surface area contributed by atoms with E-state index in [0.29, 0.717) is 0 Å². The van der Waals surface area contributed by atoms with Gasteiger partial charge in [0.25, 0.3) is 0 Å². The molecule has 0 atom stereocenters. The molecule has 0 amide bonds. The molecular weight excluding hydrogens is 268 g/mol. The molecule has 0 aliphatic carbocycles. The molecule has 0 radical (unpaired) electrons. The Morgan fingerprint density at radius 1 is 0.636 bits per heavy atom. The molecule has 0 spiro atoms. The first-order chi connectivity index (χ1) is 10.5. The minimum atomic E-state index is -0.192. The smallest absolute Gasteiger partial charge is 0.127 e. The number of rotatable bonds is 10. The van der Waals surface area contributed by atoms with E-state index in [4.69, 9.17) is 0 Å². The normalized spacial score (nSPS) is 11.7. The molecule has 2 nitrogen and oxygen atoms in total. The van der Waals surface area contributed by atoms with Crippen molar-refractivity contribution in [2.24, 2.45) is 0 Å². The van der Waals surface area contributed by atoms with Crippen molar-refractivity contribution < 1.29 is 11.5 Å². The first-order valence-electron chi connectivity index (χ1n) is 7.71. The van der Waals surface area contributed by atoms with Crippen molar-refractivity contribution in [3.8, 4) is 0 Å². The molecule has 0 saturated heterocycles. The summed E-state index contributed by atoms with van der Waals surface area (Å²) in [6.45, 7) is 15.4. The van der Waals surface area contributed by atoms with E-state index in [1.807, 2.05) is 24.3 Å². The summed E-state index contributed by atoms with van der Waals surface area (Å²) in [4.78, 5) is 0. The highest BCUT2D eigenvalue weighted by molar-refractivity contribution is 5.31. The van der Waals surface area contributed by atoms with E-state index in [0.717, 1.165) is 25.7 Å². The van der Waals surface area contributed by atoms with Crippen molar-refractivity contribution in [1.82, 2.24) is 0 Å². The van der Waals surface area contributed by atoms with Crippen LogP contribution in [0.2, 0.25) is 0 Å². The lowest BCUT2D eigenvalue weighted by atomic mass is 9.80. The molecule has 1 aromatic carbocycles. The summed E-state index contributed by atoms with van der Waals surface area (Å²) >= 11 is 0. The Morgan fingerprint density at radius 3 is 1.05 bits per heavy atom. The van der Waals surface area contributed by atoms with E-state index in [2.05, 4.69) is 62.0 Å². The molecule has 0 unspecified atom stereocenters. The van der Waals surface area contributed by atoms with Crippen LogP contribution >= 0.6 is 0 Å². The van der Waals surface area contributed by atoms with Gasteiger partial charge in [0.05, 0.1) is 0 Å². The lowest BCUT2D eigenvalue weighted by Gasteiger charge is -2.27. The van der Waals surface area contributed by atoms with E-state index in [-0.39, 0.29) is 11.1 Å². The van der Waals surface area contributed by atoms with Crippen molar-refractivity contribution in [2.75, 3.05) is 0 Å². The molecular formula is C20H30N2+2. The Labute approximate surface area is 134 Å². The Hall–Kier alpha value is -1.90. The van der Waals surface area contributed by atoms with Crippen molar-refractivity contribution in [3.05, 3.63) is 86.0 Å². The number of benzene rings is 1. The summed E-state index contributed by atoms with van der Waals surface area (Å²) in [7, 11) is 0. The zero-order chi connectivity index (χ0) is 16.6. The third-order valence-electron chi connectivity index (χ3n) is 4.25. The fourth-order valence-corrected chi connectivity index (χ4v) is 2.92. The van der Waals surface area contributed by atoms with Crippen molar-refractivity contribution in [3.63, 3.8) is 0 Å². The zero-order valence-corrected chi connectivity index (χ0v) is 13.7. The van der Waals surface area contributed by atoms with Gasteiger partial charge in [-0.05, 0) is 0 Å². The van der Waals surface area contributed by atoms with Gasteiger partial charge in [-0.15, -0.1) is 26.3 Å². The molecule has 0 aliphatic rings. The van der Waals surface area contributed by atoms with E-state index in [1.54, 1.807) is 0 Å². The molecule has 6 N–H and O–H groups in total. The highest BCUT2D eigenvalue weighted by Crippen LogP contribution is 2.29.